The molecule has 1 aromatic heterocycles. The van der Waals surface area contributed by atoms with Crippen LogP contribution in [0, 0.1) is 0 Å². The predicted octanol–water partition coefficient (Wildman–Crippen LogP) is 4.55. The molecule has 1 heterocycles. The van der Waals surface area contributed by atoms with E-state index in [0.717, 1.165) is 33.1 Å². The SMILES string of the molecule is COc1ccccc1Cn1c2ccccc2c2ccc(C(=O)O)cc21. The predicted molar refractivity (Wildman–Crippen MR) is 98.5 cm³/mol. The molecule has 0 saturated carbocycles. The van der Waals surface area contributed by atoms with Gasteiger partial charge >= 0.3 is 5.97 Å². The van der Waals surface area contributed by atoms with E-state index in [4.69, 9.17) is 4.74 Å². The van der Waals surface area contributed by atoms with E-state index in [9.17, 15) is 9.90 Å². The second kappa shape index (κ2) is 5.98. The molecule has 0 radical (unpaired) electrons. The maximum Gasteiger partial charge on any atom is 0.335 e. The molecule has 0 fully saturated rings. The Hall–Kier alpha value is -3.27. The van der Waals surface area contributed by atoms with Gasteiger partial charge in [-0.2, -0.15) is 0 Å². The molecular weight excluding hydrogens is 314 g/mol. The van der Waals surface area contributed by atoms with E-state index in [2.05, 4.69) is 16.7 Å². The number of aromatic nitrogens is 1. The highest BCUT2D eigenvalue weighted by molar-refractivity contribution is 6.09. The first-order chi connectivity index (χ1) is 12.2. The van der Waals surface area contributed by atoms with E-state index < -0.39 is 5.97 Å². The molecule has 0 unspecified atom stereocenters. The van der Waals surface area contributed by atoms with Gasteiger partial charge in [0.1, 0.15) is 5.75 Å². The summed E-state index contributed by atoms with van der Waals surface area (Å²) in [5.74, 6) is -0.0983. The Kier molecular flexibility index (Phi) is 3.65. The molecule has 0 aliphatic heterocycles. The third-order valence-electron chi connectivity index (χ3n) is 4.54. The molecule has 25 heavy (non-hydrogen) atoms. The van der Waals surface area contributed by atoms with E-state index >= 15 is 0 Å². The van der Waals surface area contributed by atoms with Crippen molar-refractivity contribution in [1.82, 2.24) is 4.57 Å². The summed E-state index contributed by atoms with van der Waals surface area (Å²) in [6, 6.07) is 21.3. The van der Waals surface area contributed by atoms with Crippen molar-refractivity contribution in [1.29, 1.82) is 0 Å². The largest absolute Gasteiger partial charge is 0.496 e. The molecule has 3 aromatic carbocycles. The van der Waals surface area contributed by atoms with Gasteiger partial charge in [0, 0.05) is 21.9 Å². The molecule has 124 valence electrons. The normalized spacial score (nSPS) is 11.1. The topological polar surface area (TPSA) is 51.5 Å². The Morgan fingerprint density at radius 3 is 2.48 bits per heavy atom. The minimum atomic E-state index is -0.920. The van der Waals surface area contributed by atoms with Crippen LogP contribution in [-0.2, 0) is 6.54 Å². The fourth-order valence-corrected chi connectivity index (χ4v) is 3.36. The van der Waals surface area contributed by atoms with Crippen LogP contribution < -0.4 is 4.74 Å². The van der Waals surface area contributed by atoms with Crippen molar-refractivity contribution in [2.24, 2.45) is 0 Å². The molecule has 0 bridgehead atoms. The lowest BCUT2D eigenvalue weighted by Gasteiger charge is -2.11. The summed E-state index contributed by atoms with van der Waals surface area (Å²) in [6.07, 6.45) is 0. The lowest BCUT2D eigenvalue weighted by atomic mass is 10.1. The van der Waals surface area contributed by atoms with Crippen LogP contribution in [0.5, 0.6) is 5.75 Å². The van der Waals surface area contributed by atoms with E-state index in [1.54, 1.807) is 19.2 Å². The zero-order valence-corrected chi connectivity index (χ0v) is 13.8. The first kappa shape index (κ1) is 15.3. The smallest absolute Gasteiger partial charge is 0.335 e. The summed E-state index contributed by atoms with van der Waals surface area (Å²) in [6.45, 7) is 0.608. The van der Waals surface area contributed by atoms with Crippen LogP contribution >= 0.6 is 0 Å². The number of benzene rings is 3. The summed E-state index contributed by atoms with van der Waals surface area (Å²) in [5, 5.41) is 11.5. The van der Waals surface area contributed by atoms with Gasteiger partial charge in [-0.15, -0.1) is 0 Å². The first-order valence-corrected chi connectivity index (χ1v) is 8.05. The van der Waals surface area contributed by atoms with Gasteiger partial charge in [-0.05, 0) is 24.3 Å². The van der Waals surface area contributed by atoms with Gasteiger partial charge in [-0.1, -0.05) is 42.5 Å². The highest BCUT2D eigenvalue weighted by atomic mass is 16.5. The fourth-order valence-electron chi connectivity index (χ4n) is 3.36. The third kappa shape index (κ3) is 2.52. The second-order valence-corrected chi connectivity index (χ2v) is 5.95. The van der Waals surface area contributed by atoms with Crippen molar-refractivity contribution < 1.29 is 14.6 Å². The lowest BCUT2D eigenvalue weighted by molar-refractivity contribution is 0.0697. The van der Waals surface area contributed by atoms with Gasteiger partial charge in [0.2, 0.25) is 0 Å². The lowest BCUT2D eigenvalue weighted by Crippen LogP contribution is -2.02. The number of hydrogen-bond acceptors (Lipinski definition) is 2. The Morgan fingerprint density at radius 2 is 1.68 bits per heavy atom. The summed E-state index contributed by atoms with van der Waals surface area (Å²) in [7, 11) is 1.66. The van der Waals surface area contributed by atoms with Crippen LogP contribution in [0.3, 0.4) is 0 Å². The van der Waals surface area contributed by atoms with Crippen molar-refractivity contribution in [3.8, 4) is 5.75 Å². The number of ether oxygens (including phenoxy) is 1. The summed E-state index contributed by atoms with van der Waals surface area (Å²) in [5.41, 5.74) is 3.32. The molecule has 0 atom stereocenters. The van der Waals surface area contributed by atoms with Gasteiger partial charge in [0.15, 0.2) is 0 Å². The number of fused-ring (bicyclic) bond motifs is 3. The quantitative estimate of drug-likeness (QED) is 0.597. The number of rotatable bonds is 4. The van der Waals surface area contributed by atoms with Crippen molar-refractivity contribution >= 4 is 27.8 Å². The van der Waals surface area contributed by atoms with Gasteiger partial charge in [-0.25, -0.2) is 4.79 Å². The molecule has 0 amide bonds. The van der Waals surface area contributed by atoms with Gasteiger partial charge in [0.25, 0.3) is 0 Å². The van der Waals surface area contributed by atoms with Gasteiger partial charge < -0.3 is 14.4 Å². The van der Waals surface area contributed by atoms with Crippen LogP contribution in [0.1, 0.15) is 15.9 Å². The minimum Gasteiger partial charge on any atom is -0.496 e. The molecule has 4 nitrogen and oxygen atoms in total. The average Bonchev–Trinajstić information content (AvgIpc) is 2.96. The van der Waals surface area contributed by atoms with Crippen LogP contribution in [-0.4, -0.2) is 22.8 Å². The molecule has 4 aromatic rings. The van der Waals surface area contributed by atoms with E-state index in [1.165, 1.54) is 0 Å². The number of hydrogen-bond donors (Lipinski definition) is 1. The average molecular weight is 331 g/mol. The number of nitrogens with zero attached hydrogens (tertiary/aromatic N) is 1. The molecular formula is C21H17NO3. The van der Waals surface area contributed by atoms with Crippen molar-refractivity contribution in [3.63, 3.8) is 0 Å². The number of carboxylic acid groups (broad SMARTS) is 1. The molecule has 4 heteroatoms. The van der Waals surface area contributed by atoms with E-state index in [1.807, 2.05) is 42.5 Å². The van der Waals surface area contributed by atoms with Crippen LogP contribution in [0.4, 0.5) is 0 Å². The van der Waals surface area contributed by atoms with E-state index in [0.29, 0.717) is 6.54 Å². The van der Waals surface area contributed by atoms with Crippen LogP contribution in [0.25, 0.3) is 21.8 Å². The Morgan fingerprint density at radius 1 is 0.960 bits per heavy atom. The van der Waals surface area contributed by atoms with Crippen molar-refractivity contribution in [2.75, 3.05) is 7.11 Å². The maximum absolute atomic E-state index is 11.4. The zero-order chi connectivity index (χ0) is 17.4. The number of aromatic carboxylic acids is 1. The molecule has 4 rings (SSSR count). The molecule has 0 spiro atoms. The molecule has 1 N–H and O–H groups in total. The van der Waals surface area contributed by atoms with Crippen molar-refractivity contribution in [2.45, 2.75) is 6.54 Å². The summed E-state index contributed by atoms with van der Waals surface area (Å²) >= 11 is 0. The number of carbonyl (C=O) groups is 1. The van der Waals surface area contributed by atoms with Crippen LogP contribution in [0.2, 0.25) is 0 Å². The Balaban J connectivity index is 1.99. The second-order valence-electron chi connectivity index (χ2n) is 5.95. The highest BCUT2D eigenvalue weighted by Crippen LogP contribution is 2.31. The zero-order valence-electron chi connectivity index (χ0n) is 13.8. The summed E-state index contributed by atoms with van der Waals surface area (Å²) in [4.78, 5) is 11.4. The number of methoxy groups -OCH3 is 1. The highest BCUT2D eigenvalue weighted by Gasteiger charge is 2.14. The third-order valence-corrected chi connectivity index (χ3v) is 4.54. The number of para-hydroxylation sites is 2. The standard InChI is InChI=1S/C21H17NO3/c1-25-20-9-5-2-6-15(20)13-22-18-8-4-3-7-16(18)17-11-10-14(21(23)24)12-19(17)22/h2-12H,13H2,1H3,(H,23,24). The molecule has 0 saturated heterocycles. The maximum atomic E-state index is 11.4. The summed E-state index contributed by atoms with van der Waals surface area (Å²) < 4.78 is 7.62. The fraction of sp³-hybridized carbons (Fsp3) is 0.0952. The monoisotopic (exact) mass is 331 g/mol. The first-order valence-electron chi connectivity index (χ1n) is 8.05. The van der Waals surface area contributed by atoms with Crippen molar-refractivity contribution in [3.05, 3.63) is 77.9 Å². The molecule has 0 aliphatic rings. The Bertz CT molecular complexity index is 1090. The van der Waals surface area contributed by atoms with Gasteiger partial charge in [0.05, 0.1) is 24.7 Å². The number of carboxylic acids is 1. The van der Waals surface area contributed by atoms with Crippen LogP contribution in [0.15, 0.2) is 66.7 Å². The minimum absolute atomic E-state index is 0.289. The Labute approximate surface area is 144 Å². The van der Waals surface area contributed by atoms with E-state index in [-0.39, 0.29) is 5.56 Å². The molecule has 0 aliphatic carbocycles. The van der Waals surface area contributed by atoms with Gasteiger partial charge in [-0.3, -0.25) is 0 Å².